The van der Waals surface area contributed by atoms with Gasteiger partial charge in [0.1, 0.15) is 34.7 Å². The van der Waals surface area contributed by atoms with Crippen molar-refractivity contribution >= 4 is 52.1 Å². The van der Waals surface area contributed by atoms with Crippen LogP contribution in [0.15, 0.2) is 83.3 Å². The van der Waals surface area contributed by atoms with Gasteiger partial charge < -0.3 is 30.1 Å². The summed E-state index contributed by atoms with van der Waals surface area (Å²) in [6.45, 7) is 15.5. The number of aliphatic hydroxyl groups is 1. The molecule has 8 rings (SSSR count). The van der Waals surface area contributed by atoms with Crippen LogP contribution in [0.2, 0.25) is 0 Å². The highest BCUT2D eigenvalue weighted by atomic mass is 32.1. The largest absolute Gasteiger partial charge is 0.493 e. The molecule has 2 aliphatic heterocycles. The fourth-order valence-corrected chi connectivity index (χ4v) is 10.9. The van der Waals surface area contributed by atoms with E-state index in [1.807, 2.05) is 124 Å². The number of fused-ring (bicyclic) bond motifs is 3. The molecule has 2 unspecified atom stereocenters. The second-order valence-corrected chi connectivity index (χ2v) is 20.8. The first-order chi connectivity index (χ1) is 32.9. The van der Waals surface area contributed by atoms with Crippen molar-refractivity contribution < 1.29 is 33.8 Å². The molecule has 17 heteroatoms. The molecule has 0 bridgehead atoms. The number of aliphatic hydroxyl groups excluding tert-OH is 1. The molecule has 5 atom stereocenters. The fourth-order valence-electron chi connectivity index (χ4n) is 8.84. The van der Waals surface area contributed by atoms with Crippen molar-refractivity contribution in [2.75, 3.05) is 20.3 Å². The zero-order chi connectivity index (χ0) is 49.3. The minimum atomic E-state index is -0.960. The van der Waals surface area contributed by atoms with Crippen molar-refractivity contribution in [1.82, 2.24) is 35.3 Å². The summed E-state index contributed by atoms with van der Waals surface area (Å²) in [5.41, 5.74) is 9.72. The zero-order valence-electron chi connectivity index (χ0n) is 40.3. The Morgan fingerprint density at radius 1 is 0.884 bits per heavy atom. The van der Waals surface area contributed by atoms with Crippen LogP contribution in [0.5, 0.6) is 5.75 Å². The molecule has 360 valence electrons. The molecule has 5 heterocycles. The van der Waals surface area contributed by atoms with Crippen LogP contribution in [-0.4, -0.2) is 97.6 Å². The Labute approximate surface area is 410 Å². The van der Waals surface area contributed by atoms with E-state index in [4.69, 9.17) is 14.5 Å². The number of carbonyl (C=O) groups excluding carboxylic acids is 4. The average Bonchev–Trinajstić information content (AvgIpc) is 4.10. The van der Waals surface area contributed by atoms with Crippen LogP contribution < -0.4 is 15.4 Å². The summed E-state index contributed by atoms with van der Waals surface area (Å²) in [5, 5.41) is 26.4. The number of hydrogen-bond donors (Lipinski definition) is 3. The molecule has 3 amide bonds. The summed E-state index contributed by atoms with van der Waals surface area (Å²) in [7, 11) is 1.37. The molecular formula is C52H58N8O7S2. The minimum Gasteiger partial charge on any atom is -0.493 e. The van der Waals surface area contributed by atoms with Crippen molar-refractivity contribution in [2.24, 2.45) is 10.4 Å². The van der Waals surface area contributed by atoms with Gasteiger partial charge in [-0.25, -0.2) is 4.98 Å². The number of esters is 1. The topological polar surface area (TPSA) is 190 Å². The normalized spacial score (nSPS) is 17.5. The Morgan fingerprint density at radius 3 is 2.17 bits per heavy atom. The van der Waals surface area contributed by atoms with E-state index in [1.165, 1.54) is 12.0 Å². The molecule has 1 saturated heterocycles. The van der Waals surface area contributed by atoms with Gasteiger partial charge in [-0.15, -0.1) is 32.9 Å². The number of nitrogens with one attached hydrogen (secondary N) is 2. The average molecular weight is 971 g/mol. The van der Waals surface area contributed by atoms with Gasteiger partial charge in [-0.3, -0.25) is 28.7 Å². The van der Waals surface area contributed by atoms with Gasteiger partial charge in [0, 0.05) is 29.0 Å². The van der Waals surface area contributed by atoms with E-state index < -0.39 is 35.6 Å². The number of nitrogens with zero attached hydrogens (tertiary/aromatic N) is 6. The highest BCUT2D eigenvalue weighted by Gasteiger charge is 2.45. The number of ether oxygens (including phenoxy) is 2. The van der Waals surface area contributed by atoms with Gasteiger partial charge in [0.15, 0.2) is 5.82 Å². The molecule has 3 aromatic heterocycles. The predicted molar refractivity (Wildman–Crippen MR) is 267 cm³/mol. The summed E-state index contributed by atoms with van der Waals surface area (Å²) in [4.78, 5) is 67.0. The van der Waals surface area contributed by atoms with Crippen molar-refractivity contribution in [1.29, 1.82) is 0 Å². The molecule has 15 nitrogen and oxygen atoms in total. The molecule has 3 aromatic carbocycles. The van der Waals surface area contributed by atoms with Crippen molar-refractivity contribution in [2.45, 2.75) is 105 Å². The number of thiazole rings is 1. The Balaban J connectivity index is 0.878. The van der Waals surface area contributed by atoms with Crippen molar-refractivity contribution in [3.63, 3.8) is 0 Å². The fraction of sp³-hybridized carbons (Fsp3) is 0.385. The Hall–Kier alpha value is -6.56. The second kappa shape index (κ2) is 20.2. The third-order valence-corrected chi connectivity index (χ3v) is 15.0. The van der Waals surface area contributed by atoms with E-state index in [9.17, 15) is 24.3 Å². The number of aryl methyl sites for hydroxylation is 3. The first-order valence-corrected chi connectivity index (χ1v) is 24.7. The molecule has 6 aromatic rings. The molecule has 2 aliphatic rings. The van der Waals surface area contributed by atoms with E-state index in [2.05, 4.69) is 39.7 Å². The van der Waals surface area contributed by atoms with Crippen molar-refractivity contribution in [3.8, 4) is 32.3 Å². The molecule has 69 heavy (non-hydrogen) atoms. The van der Waals surface area contributed by atoms with Crippen LogP contribution in [-0.2, 0) is 23.9 Å². The Kier molecular flexibility index (Phi) is 14.3. The molecule has 1 fully saturated rings. The first-order valence-electron chi connectivity index (χ1n) is 23.0. The number of carbonyl (C=O) groups is 4. The van der Waals surface area contributed by atoms with E-state index in [0.717, 1.165) is 70.9 Å². The monoisotopic (exact) mass is 970 g/mol. The highest BCUT2D eigenvalue weighted by Crippen LogP contribution is 2.40. The number of benzene rings is 3. The van der Waals surface area contributed by atoms with Gasteiger partial charge >= 0.3 is 5.97 Å². The van der Waals surface area contributed by atoms with E-state index in [-0.39, 0.29) is 56.2 Å². The number of likely N-dealkylation sites (tertiary alicyclic amines) is 1. The van der Waals surface area contributed by atoms with Gasteiger partial charge in [0.25, 0.3) is 0 Å². The third kappa shape index (κ3) is 10.4. The molecular weight excluding hydrogens is 913 g/mol. The molecule has 0 radical (unpaired) electrons. The summed E-state index contributed by atoms with van der Waals surface area (Å²) >= 11 is 3.23. The Morgan fingerprint density at radius 2 is 1.54 bits per heavy atom. The van der Waals surface area contributed by atoms with Crippen LogP contribution in [0.25, 0.3) is 26.6 Å². The van der Waals surface area contributed by atoms with E-state index in [0.29, 0.717) is 11.6 Å². The maximum Gasteiger partial charge on any atom is 0.308 e. The lowest BCUT2D eigenvalue weighted by Gasteiger charge is -2.35. The number of β-amino-alcohol motifs (C(OH)–C–C–N with tert-alkyl or cyclic N) is 1. The van der Waals surface area contributed by atoms with Gasteiger partial charge in [0.05, 0.1) is 60.5 Å². The van der Waals surface area contributed by atoms with Crippen LogP contribution in [0.1, 0.15) is 104 Å². The predicted octanol–water partition coefficient (Wildman–Crippen LogP) is 7.95. The number of thiophene rings is 1. The van der Waals surface area contributed by atoms with Crippen molar-refractivity contribution in [3.05, 3.63) is 123 Å². The van der Waals surface area contributed by atoms with E-state index in [1.54, 1.807) is 22.7 Å². The summed E-state index contributed by atoms with van der Waals surface area (Å²) < 4.78 is 13.0. The maximum absolute atomic E-state index is 14.2. The van der Waals surface area contributed by atoms with Gasteiger partial charge in [-0.05, 0) is 80.0 Å². The lowest BCUT2D eigenvalue weighted by atomic mass is 9.85. The van der Waals surface area contributed by atoms with Crippen LogP contribution in [0.4, 0.5) is 0 Å². The lowest BCUT2D eigenvalue weighted by molar-refractivity contribution is -0.144. The molecule has 0 saturated carbocycles. The number of amides is 3. The minimum absolute atomic E-state index is 0.0127. The SMILES string of the molecule is COC(=O)C[C@@H]1N=C(c2ccc(-c3ccc(OCCC(=O)NC(C(=O)N4C[C@H](O)C[C@H]4C(=O)NC(C)c4ccc(-c5scnc5C)cc4)C(C)(C)C)cc3)cc2)c2c(sc(C)c2C)-n2c(C)nnc21. The number of aromatic nitrogens is 4. The third-order valence-electron chi connectivity index (χ3n) is 12.8. The maximum atomic E-state index is 14.2. The van der Waals surface area contributed by atoms with Gasteiger partial charge in [0.2, 0.25) is 17.7 Å². The summed E-state index contributed by atoms with van der Waals surface area (Å²) in [6.07, 6.45) is -0.779. The lowest BCUT2D eigenvalue weighted by Crippen LogP contribution is -2.58. The number of methoxy groups -OCH3 is 1. The Bertz CT molecular complexity index is 2900. The van der Waals surface area contributed by atoms with Crippen LogP contribution in [0, 0.1) is 33.1 Å². The quantitative estimate of drug-likeness (QED) is 0.0904. The molecule has 3 N–H and O–H groups in total. The first kappa shape index (κ1) is 48.9. The second-order valence-electron chi connectivity index (χ2n) is 18.8. The zero-order valence-corrected chi connectivity index (χ0v) is 42.0. The number of rotatable bonds is 14. The number of aliphatic imine (C=N–C) groups is 1. The van der Waals surface area contributed by atoms with Gasteiger partial charge in [-0.1, -0.05) is 81.4 Å². The highest BCUT2D eigenvalue weighted by molar-refractivity contribution is 7.15. The van der Waals surface area contributed by atoms with Gasteiger partial charge in [-0.2, -0.15) is 0 Å². The van der Waals surface area contributed by atoms with Crippen LogP contribution >= 0.6 is 22.7 Å². The summed E-state index contributed by atoms with van der Waals surface area (Å²) in [6, 6.07) is 20.9. The number of hydrogen-bond acceptors (Lipinski definition) is 13. The van der Waals surface area contributed by atoms with Crippen LogP contribution in [0.3, 0.4) is 0 Å². The molecule has 0 spiro atoms. The standard InChI is InChI=1S/C52H58N8O7S2/c1-28-31(4)69-51-44(28)45(55-40(25-43(63)66-9)48-58-57-32(5)60(48)51)36-14-12-34(13-15-36)35-18-20-39(21-19-35)67-23-22-42(62)56-47(52(6,7)8)50(65)59-26-38(61)24-41(59)49(64)54-29(2)33-10-16-37(17-11-33)46-30(3)53-27-68-46/h10-21,27,29,38,40-41,47,61H,22-26H2,1-9H3,(H,54,64)(H,56,62)/t29?,38-,40+,41+,47?/m1/s1. The van der Waals surface area contributed by atoms with E-state index >= 15 is 0 Å². The summed E-state index contributed by atoms with van der Waals surface area (Å²) in [5.74, 6) is 0.335. The molecule has 0 aliphatic carbocycles. The smallest absolute Gasteiger partial charge is 0.308 e.